The van der Waals surface area contributed by atoms with Crippen LogP contribution in [0, 0.1) is 46.6 Å². The molecule has 2 unspecified atom stereocenters. The summed E-state index contributed by atoms with van der Waals surface area (Å²) in [5.74, 6) is -9.26. The van der Waals surface area contributed by atoms with Gasteiger partial charge in [-0.3, -0.25) is 0 Å². The second kappa shape index (κ2) is 10.3. The zero-order valence-electron chi connectivity index (χ0n) is 18.6. The van der Waals surface area contributed by atoms with Crippen LogP contribution in [0.25, 0.3) is 11.1 Å². The van der Waals surface area contributed by atoms with Gasteiger partial charge in [0.05, 0.1) is 24.9 Å². The van der Waals surface area contributed by atoms with Crippen LogP contribution >= 0.6 is 0 Å². The summed E-state index contributed by atoms with van der Waals surface area (Å²) < 4.78 is 109. The van der Waals surface area contributed by atoms with E-state index in [1.54, 1.807) is 6.92 Å². The summed E-state index contributed by atoms with van der Waals surface area (Å²) in [5, 5.41) is 0. The number of hydrogen-bond acceptors (Lipinski definition) is 2. The maximum absolute atomic E-state index is 14.7. The van der Waals surface area contributed by atoms with Gasteiger partial charge >= 0.3 is 0 Å². The fraction of sp³-hybridized carbons (Fsp3) is 0.308. The third-order valence-corrected chi connectivity index (χ3v) is 6.01. The molecule has 0 N–H and O–H groups in total. The SMILES string of the molecule is CCc1cc(F)c(OCC2CCC(c3cc(F)c(-c4cc(F)c(F)c(F)c4)c(F)c3)OC2)c(F)c1. The topological polar surface area (TPSA) is 18.5 Å². The van der Waals surface area contributed by atoms with Crippen LogP contribution in [0.3, 0.4) is 0 Å². The molecule has 0 radical (unpaired) electrons. The summed E-state index contributed by atoms with van der Waals surface area (Å²) in [6.07, 6.45) is 0.668. The number of ether oxygens (including phenoxy) is 2. The minimum atomic E-state index is -1.73. The maximum atomic E-state index is 14.7. The standard InChI is InChI=1S/C26H21F7O2/c1-2-13-5-21(31)26(22(32)6-13)35-12-14-3-4-23(34-11-14)15-7-17(27)24(18(28)8-15)16-9-19(29)25(33)20(30)10-16/h5-10,14,23H,2-4,11-12H2,1H3. The molecule has 1 fully saturated rings. The average molecular weight is 498 g/mol. The lowest BCUT2D eigenvalue weighted by molar-refractivity contribution is -0.0294. The fourth-order valence-corrected chi connectivity index (χ4v) is 4.11. The van der Waals surface area contributed by atoms with Crippen LogP contribution in [-0.4, -0.2) is 13.2 Å². The molecule has 0 spiro atoms. The molecule has 3 aromatic carbocycles. The van der Waals surface area contributed by atoms with E-state index >= 15 is 0 Å². The van der Waals surface area contributed by atoms with Gasteiger partial charge in [-0.15, -0.1) is 0 Å². The van der Waals surface area contributed by atoms with Crippen molar-refractivity contribution in [2.24, 2.45) is 5.92 Å². The van der Waals surface area contributed by atoms with E-state index in [0.717, 1.165) is 12.1 Å². The Morgan fingerprint density at radius 1 is 0.771 bits per heavy atom. The summed E-state index contributed by atoms with van der Waals surface area (Å²) >= 11 is 0. The second-order valence-electron chi connectivity index (χ2n) is 8.43. The molecule has 2 atom stereocenters. The Hall–Kier alpha value is -3.07. The molecule has 1 aliphatic rings. The maximum Gasteiger partial charge on any atom is 0.194 e. The normalized spacial score (nSPS) is 18.1. The lowest BCUT2D eigenvalue weighted by atomic mass is 9.93. The van der Waals surface area contributed by atoms with Crippen molar-refractivity contribution in [2.75, 3.05) is 13.2 Å². The predicted octanol–water partition coefficient (Wildman–Crippen LogP) is 7.44. The summed E-state index contributed by atoms with van der Waals surface area (Å²) in [6.45, 7) is 1.90. The van der Waals surface area contributed by atoms with Gasteiger partial charge in [-0.2, -0.15) is 0 Å². The van der Waals surface area contributed by atoms with Gasteiger partial charge in [-0.05, 0) is 72.4 Å². The third kappa shape index (κ3) is 5.29. The molecule has 35 heavy (non-hydrogen) atoms. The molecule has 0 saturated carbocycles. The summed E-state index contributed by atoms with van der Waals surface area (Å²) in [4.78, 5) is 0. The van der Waals surface area contributed by atoms with Gasteiger partial charge in [0, 0.05) is 5.92 Å². The average Bonchev–Trinajstić information content (AvgIpc) is 2.81. The van der Waals surface area contributed by atoms with Crippen LogP contribution in [0.5, 0.6) is 5.75 Å². The van der Waals surface area contributed by atoms with E-state index in [-0.39, 0.29) is 24.7 Å². The van der Waals surface area contributed by atoms with Gasteiger partial charge < -0.3 is 9.47 Å². The minimum absolute atomic E-state index is 0.00458. The van der Waals surface area contributed by atoms with E-state index in [0.29, 0.717) is 37.0 Å². The lowest BCUT2D eigenvalue weighted by Crippen LogP contribution is -2.26. The highest BCUT2D eigenvalue weighted by Gasteiger charge is 2.27. The molecule has 4 rings (SSSR count). The van der Waals surface area contributed by atoms with Crippen molar-refractivity contribution < 1.29 is 40.2 Å². The Labute approximate surface area is 197 Å². The number of halogens is 7. The number of benzene rings is 3. The molecule has 1 saturated heterocycles. The van der Waals surface area contributed by atoms with E-state index in [1.807, 2.05) is 0 Å². The largest absolute Gasteiger partial charge is 0.487 e. The Balaban J connectivity index is 1.42. The fourth-order valence-electron chi connectivity index (χ4n) is 4.11. The predicted molar refractivity (Wildman–Crippen MR) is 114 cm³/mol. The lowest BCUT2D eigenvalue weighted by Gasteiger charge is -2.29. The Kier molecular flexibility index (Phi) is 7.35. The first-order valence-corrected chi connectivity index (χ1v) is 11.0. The highest BCUT2D eigenvalue weighted by Crippen LogP contribution is 2.36. The smallest absolute Gasteiger partial charge is 0.194 e. The zero-order valence-corrected chi connectivity index (χ0v) is 18.6. The number of hydrogen-bond donors (Lipinski definition) is 0. The van der Waals surface area contributed by atoms with Crippen LogP contribution in [-0.2, 0) is 11.2 Å². The molecule has 1 heterocycles. The summed E-state index contributed by atoms with van der Waals surface area (Å²) in [5.41, 5.74) is -0.474. The first-order valence-electron chi connectivity index (χ1n) is 11.0. The van der Waals surface area contributed by atoms with Crippen LogP contribution < -0.4 is 4.74 Å². The molecule has 186 valence electrons. The first kappa shape index (κ1) is 25.0. The van der Waals surface area contributed by atoms with E-state index in [9.17, 15) is 30.7 Å². The van der Waals surface area contributed by atoms with Crippen LogP contribution in [0.15, 0.2) is 36.4 Å². The molecule has 9 heteroatoms. The van der Waals surface area contributed by atoms with Crippen molar-refractivity contribution in [2.45, 2.75) is 32.3 Å². The Bertz CT molecular complexity index is 1170. The third-order valence-electron chi connectivity index (χ3n) is 6.01. The highest BCUT2D eigenvalue weighted by atomic mass is 19.2. The zero-order chi connectivity index (χ0) is 25.3. The van der Waals surface area contributed by atoms with Gasteiger partial charge in [0.25, 0.3) is 0 Å². The molecule has 0 bridgehead atoms. The van der Waals surface area contributed by atoms with E-state index < -0.39 is 63.7 Å². The quantitative estimate of drug-likeness (QED) is 0.260. The molecule has 2 nitrogen and oxygen atoms in total. The van der Waals surface area contributed by atoms with Crippen molar-refractivity contribution in [1.29, 1.82) is 0 Å². The molecule has 3 aromatic rings. The highest BCUT2D eigenvalue weighted by molar-refractivity contribution is 5.65. The molecular formula is C26H21F7O2. The monoisotopic (exact) mass is 498 g/mol. The van der Waals surface area contributed by atoms with Crippen LogP contribution in [0.2, 0.25) is 0 Å². The second-order valence-corrected chi connectivity index (χ2v) is 8.43. The first-order chi connectivity index (χ1) is 16.7. The van der Waals surface area contributed by atoms with Gasteiger partial charge in [-0.1, -0.05) is 6.92 Å². The summed E-state index contributed by atoms with van der Waals surface area (Å²) in [7, 11) is 0. The van der Waals surface area contributed by atoms with Gasteiger partial charge in [0.15, 0.2) is 34.8 Å². The van der Waals surface area contributed by atoms with Crippen molar-refractivity contribution in [1.82, 2.24) is 0 Å². The van der Waals surface area contributed by atoms with E-state index in [2.05, 4.69) is 0 Å². The van der Waals surface area contributed by atoms with Gasteiger partial charge in [-0.25, -0.2) is 30.7 Å². The molecule has 0 aliphatic carbocycles. The Morgan fingerprint density at radius 2 is 1.37 bits per heavy atom. The van der Waals surface area contributed by atoms with Crippen molar-refractivity contribution in [3.63, 3.8) is 0 Å². The van der Waals surface area contributed by atoms with Crippen molar-refractivity contribution in [3.8, 4) is 16.9 Å². The van der Waals surface area contributed by atoms with Gasteiger partial charge in [0.1, 0.15) is 11.6 Å². The number of aryl methyl sites for hydroxylation is 1. The van der Waals surface area contributed by atoms with Gasteiger partial charge in [0.2, 0.25) is 0 Å². The minimum Gasteiger partial charge on any atom is -0.487 e. The molecule has 1 aliphatic heterocycles. The molecule has 0 amide bonds. The molecular weight excluding hydrogens is 477 g/mol. The van der Waals surface area contributed by atoms with Crippen LogP contribution in [0.1, 0.15) is 37.0 Å². The van der Waals surface area contributed by atoms with Crippen LogP contribution in [0.4, 0.5) is 30.7 Å². The number of rotatable bonds is 6. The van der Waals surface area contributed by atoms with Crippen molar-refractivity contribution in [3.05, 3.63) is 88.2 Å². The van der Waals surface area contributed by atoms with E-state index in [1.165, 1.54) is 12.1 Å². The van der Waals surface area contributed by atoms with Crippen molar-refractivity contribution >= 4 is 0 Å². The van der Waals surface area contributed by atoms with E-state index in [4.69, 9.17) is 9.47 Å². The Morgan fingerprint density at radius 3 is 1.89 bits per heavy atom. The molecule has 0 aromatic heterocycles. The summed E-state index contributed by atoms with van der Waals surface area (Å²) in [6, 6.07) is 5.46.